The zero-order chi connectivity index (χ0) is 34.6. The molecule has 246 valence electrons. The standard InChI is InChI=1S/C50H28O3/c1-2-11-29(12-3-1)45-28-41-43(51-45)24-23-39-49-38(18-10-20-44(49)53-50(39)41)48-36-16-6-4-14-34(36)47(35-15-5-7-17-37(35)48)31-22-21-30-27-46-40(26-32(30)25-31)33-13-8-9-19-42(33)52-46/h1-28H. The Morgan fingerprint density at radius 3 is 1.77 bits per heavy atom. The molecule has 12 rings (SSSR count). The van der Waals surface area contributed by atoms with Gasteiger partial charge >= 0.3 is 0 Å². The first-order valence-corrected chi connectivity index (χ1v) is 18.0. The van der Waals surface area contributed by atoms with Crippen molar-refractivity contribution in [1.29, 1.82) is 0 Å². The van der Waals surface area contributed by atoms with Crippen LogP contribution in [0.5, 0.6) is 0 Å². The van der Waals surface area contributed by atoms with E-state index in [0.29, 0.717) is 0 Å². The van der Waals surface area contributed by atoms with E-state index in [1.807, 2.05) is 30.3 Å². The number of hydrogen-bond donors (Lipinski definition) is 0. The molecule has 12 aromatic rings. The van der Waals surface area contributed by atoms with Gasteiger partial charge in [-0.15, -0.1) is 0 Å². The largest absolute Gasteiger partial charge is 0.456 e. The van der Waals surface area contributed by atoms with Crippen LogP contribution in [-0.4, -0.2) is 0 Å². The molecule has 0 unspecified atom stereocenters. The Morgan fingerprint density at radius 1 is 0.302 bits per heavy atom. The Kier molecular flexibility index (Phi) is 5.77. The molecule has 0 spiro atoms. The highest BCUT2D eigenvalue weighted by Gasteiger charge is 2.22. The van der Waals surface area contributed by atoms with E-state index in [1.54, 1.807) is 0 Å². The van der Waals surface area contributed by atoms with E-state index in [-0.39, 0.29) is 0 Å². The second-order valence-corrected chi connectivity index (χ2v) is 14.0. The van der Waals surface area contributed by atoms with Crippen molar-refractivity contribution in [1.82, 2.24) is 0 Å². The molecule has 9 aromatic carbocycles. The molecule has 0 saturated heterocycles. The molecule has 0 aliphatic rings. The average molecular weight is 677 g/mol. The summed E-state index contributed by atoms with van der Waals surface area (Å²) in [6.07, 6.45) is 0. The molecule has 0 atom stereocenters. The highest BCUT2D eigenvalue weighted by molar-refractivity contribution is 6.27. The lowest BCUT2D eigenvalue weighted by molar-refractivity contribution is 0.631. The smallest absolute Gasteiger partial charge is 0.146 e. The first kappa shape index (κ1) is 28.6. The first-order valence-electron chi connectivity index (χ1n) is 18.0. The lowest BCUT2D eigenvalue weighted by atomic mass is 9.84. The maximum absolute atomic E-state index is 6.72. The summed E-state index contributed by atoms with van der Waals surface area (Å²) in [5, 5.41) is 12.6. The number of para-hydroxylation sites is 1. The fraction of sp³-hybridized carbons (Fsp3) is 0. The summed E-state index contributed by atoms with van der Waals surface area (Å²) in [6, 6.07) is 60.3. The number of furan rings is 3. The zero-order valence-corrected chi connectivity index (χ0v) is 28.4. The molecule has 53 heavy (non-hydrogen) atoms. The molecule has 3 aromatic heterocycles. The lowest BCUT2D eigenvalue weighted by Crippen LogP contribution is -1.91. The molecule has 3 heteroatoms. The van der Waals surface area contributed by atoms with Crippen molar-refractivity contribution in [3.05, 3.63) is 170 Å². The maximum Gasteiger partial charge on any atom is 0.146 e. The minimum Gasteiger partial charge on any atom is -0.456 e. The molecule has 0 fully saturated rings. The average Bonchev–Trinajstić information content (AvgIpc) is 3.92. The van der Waals surface area contributed by atoms with Crippen LogP contribution in [0.1, 0.15) is 0 Å². The summed E-state index contributed by atoms with van der Waals surface area (Å²) in [5.41, 5.74) is 10.2. The van der Waals surface area contributed by atoms with Gasteiger partial charge in [0.05, 0.1) is 5.39 Å². The molecule has 3 heterocycles. The first-order chi connectivity index (χ1) is 26.3. The van der Waals surface area contributed by atoms with Crippen molar-refractivity contribution in [2.24, 2.45) is 0 Å². The zero-order valence-electron chi connectivity index (χ0n) is 28.4. The van der Waals surface area contributed by atoms with Gasteiger partial charge in [-0.25, -0.2) is 0 Å². The number of rotatable bonds is 3. The molecule has 0 aliphatic heterocycles. The van der Waals surface area contributed by atoms with Crippen LogP contribution < -0.4 is 0 Å². The summed E-state index contributed by atoms with van der Waals surface area (Å²) in [4.78, 5) is 0. The quantitative estimate of drug-likeness (QED) is 0.175. The van der Waals surface area contributed by atoms with E-state index in [9.17, 15) is 0 Å². The van der Waals surface area contributed by atoms with Gasteiger partial charge in [-0.1, -0.05) is 121 Å². The monoisotopic (exact) mass is 676 g/mol. The SMILES string of the molecule is c1ccc(-c2cc3c(ccc4c3oc3cccc(-c5c6ccccc6c(-c6ccc7cc8oc9ccccc9c8cc7c6)c6ccccc56)c34)o2)cc1. The molecule has 0 bridgehead atoms. The molecule has 0 N–H and O–H groups in total. The highest BCUT2D eigenvalue weighted by atomic mass is 16.3. The van der Waals surface area contributed by atoms with Gasteiger partial charge in [0.15, 0.2) is 0 Å². The van der Waals surface area contributed by atoms with Gasteiger partial charge < -0.3 is 13.3 Å². The summed E-state index contributed by atoms with van der Waals surface area (Å²) < 4.78 is 19.3. The highest BCUT2D eigenvalue weighted by Crippen LogP contribution is 2.48. The summed E-state index contributed by atoms with van der Waals surface area (Å²) >= 11 is 0. The van der Waals surface area contributed by atoms with Crippen LogP contribution in [0.15, 0.2) is 183 Å². The fourth-order valence-electron chi connectivity index (χ4n) is 8.70. The maximum atomic E-state index is 6.72. The third-order valence-electron chi connectivity index (χ3n) is 11.0. The molecule has 0 amide bonds. The Balaban J connectivity index is 1.12. The van der Waals surface area contributed by atoms with E-state index < -0.39 is 0 Å². The van der Waals surface area contributed by atoms with Gasteiger partial charge in [-0.3, -0.25) is 0 Å². The summed E-state index contributed by atoms with van der Waals surface area (Å²) in [5.74, 6) is 0.831. The summed E-state index contributed by atoms with van der Waals surface area (Å²) in [7, 11) is 0. The van der Waals surface area contributed by atoms with E-state index >= 15 is 0 Å². The Labute approximate surface area is 302 Å². The second kappa shape index (κ2) is 10.7. The van der Waals surface area contributed by atoms with E-state index in [4.69, 9.17) is 13.3 Å². The van der Waals surface area contributed by atoms with Gasteiger partial charge in [0.1, 0.15) is 33.7 Å². The van der Waals surface area contributed by atoms with Crippen LogP contribution in [0.4, 0.5) is 0 Å². The van der Waals surface area contributed by atoms with Crippen molar-refractivity contribution in [2.45, 2.75) is 0 Å². The van der Waals surface area contributed by atoms with Crippen molar-refractivity contribution in [3.8, 4) is 33.6 Å². The van der Waals surface area contributed by atoms with Crippen LogP contribution in [-0.2, 0) is 0 Å². The normalized spacial score (nSPS) is 12.2. The van der Waals surface area contributed by atoms with Crippen LogP contribution in [0, 0.1) is 0 Å². The van der Waals surface area contributed by atoms with Crippen molar-refractivity contribution < 1.29 is 13.3 Å². The third-order valence-corrected chi connectivity index (χ3v) is 11.0. The van der Waals surface area contributed by atoms with Gasteiger partial charge in [0.2, 0.25) is 0 Å². The fourth-order valence-corrected chi connectivity index (χ4v) is 8.70. The Morgan fingerprint density at radius 2 is 0.981 bits per heavy atom. The topological polar surface area (TPSA) is 39.4 Å². The van der Waals surface area contributed by atoms with Crippen LogP contribution >= 0.6 is 0 Å². The minimum atomic E-state index is 0.814. The predicted octanol–water partition coefficient (Wildman–Crippen LogP) is 14.7. The van der Waals surface area contributed by atoms with E-state index in [1.165, 1.54) is 43.6 Å². The van der Waals surface area contributed by atoms with Gasteiger partial charge in [-0.05, 0) is 103 Å². The van der Waals surface area contributed by atoms with Crippen molar-refractivity contribution in [3.63, 3.8) is 0 Å². The van der Waals surface area contributed by atoms with Crippen LogP contribution in [0.2, 0.25) is 0 Å². The predicted molar refractivity (Wildman–Crippen MR) is 220 cm³/mol. The molecule has 0 saturated carbocycles. The molecule has 3 nitrogen and oxygen atoms in total. The summed E-state index contributed by atoms with van der Waals surface area (Å²) in [6.45, 7) is 0. The Hall–Kier alpha value is -7.10. The molecular weight excluding hydrogens is 649 g/mol. The minimum absolute atomic E-state index is 0.814. The van der Waals surface area contributed by atoms with Crippen LogP contribution in [0.3, 0.4) is 0 Å². The second-order valence-electron chi connectivity index (χ2n) is 14.0. The van der Waals surface area contributed by atoms with Gasteiger partial charge in [0, 0.05) is 27.1 Å². The van der Waals surface area contributed by atoms with Crippen LogP contribution in [0.25, 0.3) is 121 Å². The number of fused-ring (bicyclic) bond motifs is 11. The lowest BCUT2D eigenvalue weighted by Gasteiger charge is -2.18. The van der Waals surface area contributed by atoms with Gasteiger partial charge in [0.25, 0.3) is 0 Å². The number of hydrogen-bond acceptors (Lipinski definition) is 3. The van der Waals surface area contributed by atoms with Crippen molar-refractivity contribution >= 4 is 87.2 Å². The molecule has 0 radical (unpaired) electrons. The molecular formula is C50H28O3. The van der Waals surface area contributed by atoms with E-state index in [2.05, 4.69) is 140 Å². The Bertz CT molecular complexity index is 3390. The van der Waals surface area contributed by atoms with E-state index in [0.717, 1.165) is 77.1 Å². The van der Waals surface area contributed by atoms with Gasteiger partial charge in [-0.2, -0.15) is 0 Å². The number of benzene rings is 9. The third kappa shape index (κ3) is 4.10. The molecule has 0 aliphatic carbocycles. The van der Waals surface area contributed by atoms with Crippen molar-refractivity contribution in [2.75, 3.05) is 0 Å².